The van der Waals surface area contributed by atoms with Gasteiger partial charge in [0.25, 0.3) is 0 Å². The van der Waals surface area contributed by atoms with Crippen LogP contribution >= 0.6 is 11.3 Å². The Hall–Kier alpha value is -0.770. The Morgan fingerprint density at radius 1 is 0.875 bits per heavy atom. The molecule has 0 radical (unpaired) electrons. The molecule has 2 aliphatic heterocycles. The molecule has 2 fully saturated rings. The molecule has 3 heterocycles. The van der Waals surface area contributed by atoms with Crippen molar-refractivity contribution in [2.45, 2.75) is 32.1 Å². The monoisotopic (exact) mass is 237 g/mol. The minimum atomic E-state index is 1.20. The SMILES string of the molecule is c1sc(N2CCCC2)nc1N1CCCCC1. The highest BCUT2D eigenvalue weighted by molar-refractivity contribution is 7.14. The van der Waals surface area contributed by atoms with E-state index in [1.165, 1.54) is 69.2 Å². The number of anilines is 2. The molecule has 3 rings (SSSR count). The molecule has 0 bridgehead atoms. The number of rotatable bonds is 2. The molecular formula is C12H19N3S. The molecule has 1 aromatic rings. The Labute approximate surface area is 101 Å². The predicted molar refractivity (Wildman–Crippen MR) is 69.6 cm³/mol. The average Bonchev–Trinajstić information content (AvgIpc) is 3.01. The van der Waals surface area contributed by atoms with Crippen LogP contribution in [-0.2, 0) is 0 Å². The zero-order valence-electron chi connectivity index (χ0n) is 9.69. The summed E-state index contributed by atoms with van der Waals surface area (Å²) in [5.74, 6) is 1.21. The lowest BCUT2D eigenvalue weighted by Gasteiger charge is -2.26. The van der Waals surface area contributed by atoms with E-state index in [2.05, 4.69) is 15.2 Å². The lowest BCUT2D eigenvalue weighted by Crippen LogP contribution is -2.29. The number of hydrogen-bond acceptors (Lipinski definition) is 4. The van der Waals surface area contributed by atoms with Gasteiger partial charge in [0.1, 0.15) is 5.82 Å². The summed E-state index contributed by atoms with van der Waals surface area (Å²) in [6.07, 6.45) is 6.71. The van der Waals surface area contributed by atoms with Crippen LogP contribution in [0.15, 0.2) is 5.38 Å². The molecule has 3 nitrogen and oxygen atoms in total. The smallest absolute Gasteiger partial charge is 0.187 e. The second kappa shape index (κ2) is 4.62. The van der Waals surface area contributed by atoms with Crippen molar-refractivity contribution in [1.29, 1.82) is 0 Å². The van der Waals surface area contributed by atoms with Crippen molar-refractivity contribution < 1.29 is 0 Å². The van der Waals surface area contributed by atoms with Crippen molar-refractivity contribution in [3.05, 3.63) is 5.38 Å². The van der Waals surface area contributed by atoms with Gasteiger partial charge in [-0.2, -0.15) is 0 Å². The van der Waals surface area contributed by atoms with Crippen molar-refractivity contribution in [1.82, 2.24) is 4.98 Å². The zero-order valence-corrected chi connectivity index (χ0v) is 10.5. The molecule has 0 unspecified atom stereocenters. The molecular weight excluding hydrogens is 218 g/mol. The van der Waals surface area contributed by atoms with Crippen LogP contribution in [0.5, 0.6) is 0 Å². The third-order valence-corrected chi connectivity index (χ3v) is 4.43. The molecule has 0 spiro atoms. The minimum Gasteiger partial charge on any atom is -0.356 e. The van der Waals surface area contributed by atoms with E-state index in [0.29, 0.717) is 0 Å². The second-order valence-corrected chi connectivity index (χ2v) is 5.57. The summed E-state index contributed by atoms with van der Waals surface area (Å²) in [6.45, 7) is 4.80. The summed E-state index contributed by atoms with van der Waals surface area (Å²) in [6, 6.07) is 0. The molecule has 1 aromatic heterocycles. The number of hydrogen-bond donors (Lipinski definition) is 0. The van der Waals surface area contributed by atoms with Gasteiger partial charge in [0.05, 0.1) is 0 Å². The summed E-state index contributed by atoms with van der Waals surface area (Å²) in [7, 11) is 0. The Morgan fingerprint density at radius 2 is 1.50 bits per heavy atom. The Bertz CT molecular complexity index is 338. The van der Waals surface area contributed by atoms with Gasteiger partial charge in [0.15, 0.2) is 5.13 Å². The third-order valence-electron chi connectivity index (χ3n) is 3.54. The van der Waals surface area contributed by atoms with Gasteiger partial charge in [-0.15, -0.1) is 11.3 Å². The molecule has 0 aromatic carbocycles. The van der Waals surface area contributed by atoms with Gasteiger partial charge in [0.2, 0.25) is 0 Å². The number of piperidine rings is 1. The van der Waals surface area contributed by atoms with Gasteiger partial charge in [-0.3, -0.25) is 0 Å². The number of thiazole rings is 1. The van der Waals surface area contributed by atoms with Crippen molar-refractivity contribution in [3.63, 3.8) is 0 Å². The highest BCUT2D eigenvalue weighted by Crippen LogP contribution is 2.29. The van der Waals surface area contributed by atoms with E-state index in [1.807, 2.05) is 11.3 Å². The fourth-order valence-electron chi connectivity index (χ4n) is 2.58. The second-order valence-electron chi connectivity index (χ2n) is 4.73. The third kappa shape index (κ3) is 2.03. The van der Waals surface area contributed by atoms with E-state index < -0.39 is 0 Å². The highest BCUT2D eigenvalue weighted by Gasteiger charge is 2.18. The van der Waals surface area contributed by atoms with E-state index in [0.717, 1.165) is 0 Å². The van der Waals surface area contributed by atoms with Gasteiger partial charge in [-0.1, -0.05) is 0 Å². The summed E-state index contributed by atoms with van der Waals surface area (Å²) >= 11 is 1.81. The zero-order chi connectivity index (χ0) is 10.8. The fraction of sp³-hybridized carbons (Fsp3) is 0.750. The minimum absolute atomic E-state index is 1.20. The molecule has 2 saturated heterocycles. The van der Waals surface area contributed by atoms with E-state index >= 15 is 0 Å². The molecule has 16 heavy (non-hydrogen) atoms. The molecule has 0 amide bonds. The van der Waals surface area contributed by atoms with Crippen LogP contribution in [0.25, 0.3) is 0 Å². The Kier molecular flexibility index (Phi) is 3.00. The van der Waals surface area contributed by atoms with Crippen LogP contribution in [0, 0.1) is 0 Å². The fourth-order valence-corrected chi connectivity index (χ4v) is 3.47. The quantitative estimate of drug-likeness (QED) is 0.788. The maximum atomic E-state index is 4.79. The van der Waals surface area contributed by atoms with Crippen molar-refractivity contribution in [2.24, 2.45) is 0 Å². The topological polar surface area (TPSA) is 19.4 Å². The first-order valence-electron chi connectivity index (χ1n) is 6.39. The van der Waals surface area contributed by atoms with Crippen LogP contribution in [0.1, 0.15) is 32.1 Å². The van der Waals surface area contributed by atoms with E-state index in [1.54, 1.807) is 0 Å². The van der Waals surface area contributed by atoms with E-state index in [-0.39, 0.29) is 0 Å². The van der Waals surface area contributed by atoms with Crippen LogP contribution < -0.4 is 9.80 Å². The lowest BCUT2D eigenvalue weighted by atomic mass is 10.1. The van der Waals surface area contributed by atoms with Gasteiger partial charge < -0.3 is 9.80 Å². The first-order valence-corrected chi connectivity index (χ1v) is 7.27. The van der Waals surface area contributed by atoms with Crippen LogP contribution in [0.2, 0.25) is 0 Å². The van der Waals surface area contributed by atoms with Gasteiger partial charge >= 0.3 is 0 Å². The summed E-state index contributed by atoms with van der Waals surface area (Å²) in [5.41, 5.74) is 0. The molecule has 0 aliphatic carbocycles. The molecule has 2 aliphatic rings. The molecule has 88 valence electrons. The molecule has 4 heteroatoms. The van der Waals surface area contributed by atoms with E-state index in [9.17, 15) is 0 Å². The van der Waals surface area contributed by atoms with Crippen LogP contribution in [-0.4, -0.2) is 31.2 Å². The number of aromatic nitrogens is 1. The molecule has 0 atom stereocenters. The summed E-state index contributed by atoms with van der Waals surface area (Å²) in [5, 5.41) is 3.47. The predicted octanol–water partition coefficient (Wildman–Crippen LogP) is 2.73. The molecule has 0 saturated carbocycles. The van der Waals surface area contributed by atoms with Gasteiger partial charge in [0, 0.05) is 31.6 Å². The highest BCUT2D eigenvalue weighted by atomic mass is 32.1. The van der Waals surface area contributed by atoms with Crippen LogP contribution in [0.3, 0.4) is 0 Å². The average molecular weight is 237 g/mol. The summed E-state index contributed by atoms with van der Waals surface area (Å²) in [4.78, 5) is 9.66. The maximum absolute atomic E-state index is 4.79. The normalized spacial score (nSPS) is 21.8. The van der Waals surface area contributed by atoms with Crippen molar-refractivity contribution >= 4 is 22.3 Å². The maximum Gasteiger partial charge on any atom is 0.187 e. The van der Waals surface area contributed by atoms with Crippen molar-refractivity contribution in [2.75, 3.05) is 36.0 Å². The first kappa shape index (κ1) is 10.4. The largest absolute Gasteiger partial charge is 0.356 e. The summed E-state index contributed by atoms with van der Waals surface area (Å²) < 4.78 is 0. The van der Waals surface area contributed by atoms with Crippen LogP contribution in [0.4, 0.5) is 10.9 Å². The van der Waals surface area contributed by atoms with Gasteiger partial charge in [-0.05, 0) is 32.1 Å². The molecule has 0 N–H and O–H groups in total. The van der Waals surface area contributed by atoms with Gasteiger partial charge in [-0.25, -0.2) is 4.98 Å². The first-order chi connectivity index (χ1) is 7.93. The standard InChI is InChI=1S/C12H19N3S/c1-2-6-14(7-3-1)11-10-16-12(13-11)15-8-4-5-9-15/h10H,1-9H2. The Morgan fingerprint density at radius 3 is 2.25 bits per heavy atom. The van der Waals surface area contributed by atoms with E-state index in [4.69, 9.17) is 4.98 Å². The lowest BCUT2D eigenvalue weighted by molar-refractivity contribution is 0.574. The Balaban J connectivity index is 1.71. The van der Waals surface area contributed by atoms with Crippen molar-refractivity contribution in [3.8, 4) is 0 Å². The number of nitrogens with zero attached hydrogens (tertiary/aromatic N) is 3.